The van der Waals surface area contributed by atoms with Crippen molar-refractivity contribution in [1.29, 1.82) is 0 Å². The normalized spacial score (nSPS) is 11.8. The fourth-order valence-electron chi connectivity index (χ4n) is 1.25. The maximum absolute atomic E-state index is 11.7. The van der Waals surface area contributed by atoms with E-state index in [0.29, 0.717) is 24.8 Å². The minimum absolute atomic E-state index is 0.260. The smallest absolute Gasteiger partial charge is 0.240 e. The van der Waals surface area contributed by atoms with Crippen molar-refractivity contribution in [2.45, 2.75) is 25.7 Å². The Balaban J connectivity index is 2.74. The second kappa shape index (κ2) is 6.02. The topological polar surface area (TPSA) is 55.4 Å². The highest BCUT2D eigenvalue weighted by atomic mass is 32.2. The van der Waals surface area contributed by atoms with Crippen LogP contribution in [0.25, 0.3) is 0 Å². The Morgan fingerprint density at radius 2 is 1.82 bits per heavy atom. The SMILES string of the molecule is CCNS(=O)(=O)c1ccc(OCC(C)C)cc1. The maximum Gasteiger partial charge on any atom is 0.240 e. The van der Waals surface area contributed by atoms with Gasteiger partial charge >= 0.3 is 0 Å². The molecule has 0 fully saturated rings. The summed E-state index contributed by atoms with van der Waals surface area (Å²) in [4.78, 5) is 0.260. The van der Waals surface area contributed by atoms with E-state index in [1.165, 1.54) is 0 Å². The van der Waals surface area contributed by atoms with Crippen LogP contribution in [0, 0.1) is 5.92 Å². The lowest BCUT2D eigenvalue weighted by Crippen LogP contribution is -2.22. The molecule has 0 bridgehead atoms. The second-order valence-electron chi connectivity index (χ2n) is 4.18. The van der Waals surface area contributed by atoms with Gasteiger partial charge in [-0.2, -0.15) is 0 Å². The van der Waals surface area contributed by atoms with Gasteiger partial charge in [-0.3, -0.25) is 0 Å². The Morgan fingerprint density at radius 1 is 1.24 bits per heavy atom. The number of sulfonamides is 1. The molecule has 5 heteroatoms. The van der Waals surface area contributed by atoms with Crippen LogP contribution in [0.3, 0.4) is 0 Å². The molecule has 0 spiro atoms. The summed E-state index contributed by atoms with van der Waals surface area (Å²) >= 11 is 0. The third kappa shape index (κ3) is 4.36. The molecule has 96 valence electrons. The molecule has 1 aromatic rings. The molecule has 0 saturated heterocycles. The van der Waals surface area contributed by atoms with Gasteiger partial charge in [0.2, 0.25) is 10.0 Å². The van der Waals surface area contributed by atoms with Crippen molar-refractivity contribution in [2.75, 3.05) is 13.2 Å². The Bertz CT molecular complexity index is 437. The molecule has 0 aliphatic rings. The van der Waals surface area contributed by atoms with Crippen LogP contribution in [0.1, 0.15) is 20.8 Å². The lowest BCUT2D eigenvalue weighted by molar-refractivity contribution is 0.271. The Labute approximate surface area is 103 Å². The highest BCUT2D eigenvalue weighted by molar-refractivity contribution is 7.89. The first kappa shape index (κ1) is 14.0. The van der Waals surface area contributed by atoms with Crippen molar-refractivity contribution in [3.05, 3.63) is 24.3 Å². The zero-order valence-electron chi connectivity index (χ0n) is 10.4. The average Bonchev–Trinajstić information content (AvgIpc) is 2.27. The Kier molecular flexibility index (Phi) is 4.96. The molecule has 0 amide bonds. The van der Waals surface area contributed by atoms with Gasteiger partial charge in [-0.25, -0.2) is 13.1 Å². The first-order valence-corrected chi connectivity index (χ1v) is 7.16. The van der Waals surface area contributed by atoms with E-state index in [9.17, 15) is 8.42 Å². The second-order valence-corrected chi connectivity index (χ2v) is 5.94. The quantitative estimate of drug-likeness (QED) is 0.848. The third-order valence-corrected chi connectivity index (χ3v) is 3.61. The van der Waals surface area contributed by atoms with Crippen LogP contribution < -0.4 is 9.46 Å². The fraction of sp³-hybridized carbons (Fsp3) is 0.500. The molecule has 0 heterocycles. The first-order valence-electron chi connectivity index (χ1n) is 5.68. The van der Waals surface area contributed by atoms with Gasteiger partial charge in [0, 0.05) is 6.54 Å². The molecule has 0 radical (unpaired) electrons. The first-order chi connectivity index (χ1) is 7.95. The molecule has 1 rings (SSSR count). The van der Waals surface area contributed by atoms with Gasteiger partial charge in [0.1, 0.15) is 5.75 Å². The molecule has 0 atom stereocenters. The molecule has 17 heavy (non-hydrogen) atoms. The van der Waals surface area contributed by atoms with E-state index in [1.807, 2.05) is 0 Å². The summed E-state index contributed by atoms with van der Waals surface area (Å²) in [5.41, 5.74) is 0. The van der Waals surface area contributed by atoms with E-state index >= 15 is 0 Å². The molecule has 0 unspecified atom stereocenters. The van der Waals surface area contributed by atoms with E-state index in [2.05, 4.69) is 18.6 Å². The molecule has 0 aromatic heterocycles. The number of benzene rings is 1. The monoisotopic (exact) mass is 257 g/mol. The Hall–Kier alpha value is -1.07. The van der Waals surface area contributed by atoms with Crippen molar-refractivity contribution in [3.8, 4) is 5.75 Å². The standard InChI is InChI=1S/C12H19NO3S/c1-4-13-17(14,15)12-7-5-11(6-8-12)16-9-10(2)3/h5-8,10,13H,4,9H2,1-3H3. The van der Waals surface area contributed by atoms with Gasteiger partial charge in [0.15, 0.2) is 0 Å². The van der Waals surface area contributed by atoms with E-state index in [-0.39, 0.29) is 4.90 Å². The fourth-order valence-corrected chi connectivity index (χ4v) is 2.29. The maximum atomic E-state index is 11.7. The average molecular weight is 257 g/mol. The highest BCUT2D eigenvalue weighted by Gasteiger charge is 2.11. The number of nitrogens with one attached hydrogen (secondary N) is 1. The summed E-state index contributed by atoms with van der Waals surface area (Å²) < 4.78 is 31.2. The van der Waals surface area contributed by atoms with Crippen LogP contribution in [-0.4, -0.2) is 21.6 Å². The molecular weight excluding hydrogens is 238 g/mol. The number of ether oxygens (including phenoxy) is 1. The lowest BCUT2D eigenvalue weighted by atomic mass is 10.2. The molecular formula is C12H19NO3S. The summed E-state index contributed by atoms with van der Waals surface area (Å²) in [5.74, 6) is 1.13. The van der Waals surface area contributed by atoms with Crippen LogP contribution in [0.15, 0.2) is 29.2 Å². The van der Waals surface area contributed by atoms with Gasteiger partial charge in [-0.15, -0.1) is 0 Å². The predicted octanol–water partition coefficient (Wildman–Crippen LogP) is 2.02. The van der Waals surface area contributed by atoms with Crippen LogP contribution >= 0.6 is 0 Å². The van der Waals surface area contributed by atoms with Crippen molar-refractivity contribution < 1.29 is 13.2 Å². The van der Waals surface area contributed by atoms with Gasteiger partial charge in [-0.1, -0.05) is 20.8 Å². The molecule has 4 nitrogen and oxygen atoms in total. The largest absolute Gasteiger partial charge is 0.493 e. The minimum Gasteiger partial charge on any atom is -0.493 e. The van der Waals surface area contributed by atoms with Crippen LogP contribution in [0.2, 0.25) is 0 Å². The molecule has 0 saturated carbocycles. The van der Waals surface area contributed by atoms with Crippen LogP contribution in [0.4, 0.5) is 0 Å². The zero-order valence-corrected chi connectivity index (χ0v) is 11.3. The van der Waals surface area contributed by atoms with Gasteiger partial charge in [0.25, 0.3) is 0 Å². The summed E-state index contributed by atoms with van der Waals surface area (Å²) in [6.07, 6.45) is 0. The highest BCUT2D eigenvalue weighted by Crippen LogP contribution is 2.16. The van der Waals surface area contributed by atoms with E-state index < -0.39 is 10.0 Å². The third-order valence-electron chi connectivity index (χ3n) is 2.05. The van der Waals surface area contributed by atoms with Crippen molar-refractivity contribution in [2.24, 2.45) is 5.92 Å². The summed E-state index contributed by atoms with van der Waals surface area (Å²) in [6, 6.07) is 6.44. The van der Waals surface area contributed by atoms with E-state index in [4.69, 9.17) is 4.74 Å². The minimum atomic E-state index is -3.36. The van der Waals surface area contributed by atoms with Crippen molar-refractivity contribution in [3.63, 3.8) is 0 Å². The lowest BCUT2D eigenvalue weighted by Gasteiger charge is -2.09. The van der Waals surface area contributed by atoms with E-state index in [0.717, 1.165) is 0 Å². The number of rotatable bonds is 6. The van der Waals surface area contributed by atoms with Crippen LogP contribution in [0.5, 0.6) is 5.75 Å². The van der Waals surface area contributed by atoms with Crippen LogP contribution in [-0.2, 0) is 10.0 Å². The molecule has 1 aromatic carbocycles. The zero-order chi connectivity index (χ0) is 12.9. The Morgan fingerprint density at radius 3 is 2.29 bits per heavy atom. The van der Waals surface area contributed by atoms with Crippen molar-refractivity contribution >= 4 is 10.0 Å². The molecule has 1 N–H and O–H groups in total. The number of hydrogen-bond acceptors (Lipinski definition) is 3. The summed E-state index contributed by atoms with van der Waals surface area (Å²) in [6.45, 7) is 6.87. The molecule has 0 aliphatic heterocycles. The van der Waals surface area contributed by atoms with E-state index in [1.54, 1.807) is 31.2 Å². The summed E-state index contributed by atoms with van der Waals surface area (Å²) in [7, 11) is -3.36. The van der Waals surface area contributed by atoms with Gasteiger partial charge < -0.3 is 4.74 Å². The van der Waals surface area contributed by atoms with Gasteiger partial charge in [-0.05, 0) is 30.2 Å². The predicted molar refractivity (Wildman–Crippen MR) is 67.6 cm³/mol. The van der Waals surface area contributed by atoms with Gasteiger partial charge in [0.05, 0.1) is 11.5 Å². The molecule has 0 aliphatic carbocycles. The van der Waals surface area contributed by atoms with Crippen molar-refractivity contribution in [1.82, 2.24) is 4.72 Å². The number of hydrogen-bond donors (Lipinski definition) is 1. The summed E-state index contributed by atoms with van der Waals surface area (Å²) in [5, 5.41) is 0.